The number of ether oxygens (including phenoxy) is 2. The first-order valence-electron chi connectivity index (χ1n) is 8.51. The molecule has 1 fully saturated rings. The van der Waals surface area contributed by atoms with Gasteiger partial charge in [-0.05, 0) is 33.2 Å². The summed E-state index contributed by atoms with van der Waals surface area (Å²) in [7, 11) is 3.97. The summed E-state index contributed by atoms with van der Waals surface area (Å²) < 4.78 is 11.0. The zero-order chi connectivity index (χ0) is 16.2. The maximum absolute atomic E-state index is 5.74. The zero-order valence-electron chi connectivity index (χ0n) is 15.1. The second-order valence-electron chi connectivity index (χ2n) is 5.87. The molecule has 2 atom stereocenters. The molecule has 1 aliphatic heterocycles. The van der Waals surface area contributed by atoms with Gasteiger partial charge in [-0.2, -0.15) is 0 Å². The Morgan fingerprint density at radius 2 is 2.13 bits per heavy atom. The first-order valence-corrected chi connectivity index (χ1v) is 8.51. The van der Waals surface area contributed by atoms with E-state index in [1.807, 2.05) is 0 Å². The van der Waals surface area contributed by atoms with Gasteiger partial charge in [0.15, 0.2) is 5.96 Å². The molecule has 6 nitrogen and oxygen atoms in total. The monoisotopic (exact) mass is 442 g/mol. The van der Waals surface area contributed by atoms with Crippen molar-refractivity contribution in [2.24, 2.45) is 4.99 Å². The van der Waals surface area contributed by atoms with E-state index < -0.39 is 0 Å². The summed E-state index contributed by atoms with van der Waals surface area (Å²) >= 11 is 0. The molecule has 0 aliphatic carbocycles. The fourth-order valence-corrected chi connectivity index (χ4v) is 2.28. The summed E-state index contributed by atoms with van der Waals surface area (Å²) in [4.78, 5) is 6.60. The van der Waals surface area contributed by atoms with Crippen LogP contribution in [0.25, 0.3) is 0 Å². The SMILES string of the molecule is CCC(C)N(C)CCNC(=NC)NCCCOC1CCOC1.I. The second kappa shape index (κ2) is 14.2. The van der Waals surface area contributed by atoms with E-state index in [0.29, 0.717) is 12.1 Å². The molecule has 0 bridgehead atoms. The van der Waals surface area contributed by atoms with Gasteiger partial charge in [-0.3, -0.25) is 4.99 Å². The van der Waals surface area contributed by atoms with E-state index in [-0.39, 0.29) is 24.0 Å². The summed E-state index contributed by atoms with van der Waals surface area (Å²) in [5, 5.41) is 6.67. The van der Waals surface area contributed by atoms with Gasteiger partial charge in [0.25, 0.3) is 0 Å². The Hall–Kier alpha value is -0.120. The number of guanidine groups is 1. The van der Waals surface area contributed by atoms with E-state index in [2.05, 4.69) is 41.4 Å². The van der Waals surface area contributed by atoms with Crippen LogP contribution in [0.3, 0.4) is 0 Å². The number of halogens is 1. The lowest BCUT2D eigenvalue weighted by Gasteiger charge is -2.24. The zero-order valence-corrected chi connectivity index (χ0v) is 17.5. The third-order valence-corrected chi connectivity index (χ3v) is 4.18. The fourth-order valence-electron chi connectivity index (χ4n) is 2.28. The van der Waals surface area contributed by atoms with Crippen LogP contribution in [-0.4, -0.2) is 76.6 Å². The van der Waals surface area contributed by atoms with Gasteiger partial charge < -0.3 is 25.0 Å². The average Bonchev–Trinajstić information content (AvgIpc) is 3.05. The molecule has 23 heavy (non-hydrogen) atoms. The first-order chi connectivity index (χ1) is 10.7. The molecular weight excluding hydrogens is 407 g/mol. The lowest BCUT2D eigenvalue weighted by molar-refractivity contribution is 0.0420. The number of nitrogens with one attached hydrogen (secondary N) is 2. The highest BCUT2D eigenvalue weighted by Crippen LogP contribution is 2.07. The fraction of sp³-hybridized carbons (Fsp3) is 0.938. The predicted molar refractivity (Wildman–Crippen MR) is 107 cm³/mol. The van der Waals surface area contributed by atoms with Crippen molar-refractivity contribution in [2.45, 2.75) is 45.3 Å². The molecule has 2 unspecified atom stereocenters. The van der Waals surface area contributed by atoms with Crippen molar-refractivity contribution in [3.63, 3.8) is 0 Å². The van der Waals surface area contributed by atoms with Crippen molar-refractivity contribution in [3.05, 3.63) is 0 Å². The molecule has 0 radical (unpaired) electrons. The highest BCUT2D eigenvalue weighted by molar-refractivity contribution is 14.0. The maximum Gasteiger partial charge on any atom is 0.191 e. The molecule has 0 aromatic carbocycles. The number of likely N-dealkylation sites (N-methyl/N-ethyl adjacent to an activating group) is 1. The molecule has 2 N–H and O–H groups in total. The number of hydrogen-bond acceptors (Lipinski definition) is 4. The van der Waals surface area contributed by atoms with E-state index >= 15 is 0 Å². The van der Waals surface area contributed by atoms with Crippen LogP contribution in [0.5, 0.6) is 0 Å². The minimum absolute atomic E-state index is 0. The minimum atomic E-state index is 0. The van der Waals surface area contributed by atoms with Crippen LogP contribution >= 0.6 is 24.0 Å². The van der Waals surface area contributed by atoms with E-state index in [4.69, 9.17) is 9.47 Å². The Morgan fingerprint density at radius 3 is 2.74 bits per heavy atom. The van der Waals surface area contributed by atoms with E-state index in [9.17, 15) is 0 Å². The Labute approximate surface area is 158 Å². The number of rotatable bonds is 10. The molecular formula is C16H35IN4O2. The Balaban J connectivity index is 0.00000484. The molecule has 0 aromatic rings. The lowest BCUT2D eigenvalue weighted by Crippen LogP contribution is -2.42. The average molecular weight is 442 g/mol. The summed E-state index contributed by atoms with van der Waals surface area (Å²) in [6.07, 6.45) is 3.48. The number of nitrogens with zero attached hydrogens (tertiary/aromatic N) is 2. The van der Waals surface area contributed by atoms with Crippen molar-refractivity contribution >= 4 is 29.9 Å². The molecule has 0 spiro atoms. The number of aliphatic imine (C=N–C) groups is 1. The van der Waals surface area contributed by atoms with Gasteiger partial charge in [-0.1, -0.05) is 6.92 Å². The molecule has 138 valence electrons. The van der Waals surface area contributed by atoms with Gasteiger partial charge in [0.2, 0.25) is 0 Å². The van der Waals surface area contributed by atoms with Crippen molar-refractivity contribution in [1.29, 1.82) is 0 Å². The van der Waals surface area contributed by atoms with E-state index in [1.54, 1.807) is 7.05 Å². The number of hydrogen-bond donors (Lipinski definition) is 2. The summed E-state index contributed by atoms with van der Waals surface area (Å²) in [6, 6.07) is 0.619. The third-order valence-electron chi connectivity index (χ3n) is 4.18. The second-order valence-corrected chi connectivity index (χ2v) is 5.87. The highest BCUT2D eigenvalue weighted by Gasteiger charge is 2.15. The van der Waals surface area contributed by atoms with Crippen LogP contribution in [0.2, 0.25) is 0 Å². The normalized spacial score (nSPS) is 19.5. The molecule has 1 rings (SSSR count). The quantitative estimate of drug-likeness (QED) is 0.234. The molecule has 0 aromatic heterocycles. The van der Waals surface area contributed by atoms with Gasteiger partial charge in [0.1, 0.15) is 0 Å². The van der Waals surface area contributed by atoms with Crippen LogP contribution in [0, 0.1) is 0 Å². The summed E-state index contributed by atoms with van der Waals surface area (Å²) in [5.41, 5.74) is 0. The molecule has 0 saturated carbocycles. The van der Waals surface area contributed by atoms with Gasteiger partial charge in [-0.25, -0.2) is 0 Å². The first kappa shape index (κ1) is 22.9. The molecule has 1 saturated heterocycles. The van der Waals surface area contributed by atoms with Crippen molar-refractivity contribution < 1.29 is 9.47 Å². The van der Waals surface area contributed by atoms with Crippen molar-refractivity contribution in [1.82, 2.24) is 15.5 Å². The van der Waals surface area contributed by atoms with Crippen LogP contribution in [-0.2, 0) is 9.47 Å². The van der Waals surface area contributed by atoms with E-state index in [0.717, 1.165) is 58.3 Å². The standard InChI is InChI=1S/C16H34N4O2.HI/c1-5-14(2)20(4)10-9-19-16(17-3)18-8-6-11-22-15-7-12-21-13-15;/h14-15H,5-13H2,1-4H3,(H2,17,18,19);1H. The topological polar surface area (TPSA) is 58.1 Å². The van der Waals surface area contributed by atoms with Gasteiger partial charge in [0, 0.05) is 45.9 Å². The molecule has 1 heterocycles. The minimum Gasteiger partial charge on any atom is -0.379 e. The van der Waals surface area contributed by atoms with Gasteiger partial charge in [0.05, 0.1) is 12.7 Å². The smallest absolute Gasteiger partial charge is 0.191 e. The molecule has 7 heteroatoms. The summed E-state index contributed by atoms with van der Waals surface area (Å²) in [5.74, 6) is 0.863. The van der Waals surface area contributed by atoms with Crippen LogP contribution in [0.15, 0.2) is 4.99 Å². The predicted octanol–water partition coefficient (Wildman–Crippen LogP) is 1.70. The van der Waals surface area contributed by atoms with Crippen molar-refractivity contribution in [2.75, 3.05) is 53.6 Å². The van der Waals surface area contributed by atoms with Crippen molar-refractivity contribution in [3.8, 4) is 0 Å². The third kappa shape index (κ3) is 10.4. The van der Waals surface area contributed by atoms with Gasteiger partial charge in [-0.15, -0.1) is 24.0 Å². The summed E-state index contributed by atoms with van der Waals surface area (Å²) in [6.45, 7) is 9.61. The maximum atomic E-state index is 5.74. The lowest BCUT2D eigenvalue weighted by atomic mass is 10.2. The van der Waals surface area contributed by atoms with Crippen LogP contribution in [0.4, 0.5) is 0 Å². The molecule has 0 amide bonds. The van der Waals surface area contributed by atoms with E-state index in [1.165, 1.54) is 6.42 Å². The Kier molecular flexibility index (Phi) is 14.2. The van der Waals surface area contributed by atoms with Crippen LogP contribution in [0.1, 0.15) is 33.1 Å². The van der Waals surface area contributed by atoms with Crippen LogP contribution < -0.4 is 10.6 Å². The largest absolute Gasteiger partial charge is 0.379 e. The van der Waals surface area contributed by atoms with Gasteiger partial charge >= 0.3 is 0 Å². The highest BCUT2D eigenvalue weighted by atomic mass is 127. The Bertz CT molecular complexity index is 312. The Morgan fingerprint density at radius 1 is 1.39 bits per heavy atom. The molecule has 1 aliphatic rings.